The minimum atomic E-state index is -1.55. The van der Waals surface area contributed by atoms with Gasteiger partial charge in [-0.3, -0.25) is 9.78 Å². The van der Waals surface area contributed by atoms with Gasteiger partial charge in [-0.2, -0.15) is 10.2 Å². The summed E-state index contributed by atoms with van der Waals surface area (Å²) in [6, 6.07) is 28.6. The van der Waals surface area contributed by atoms with Gasteiger partial charge in [0.1, 0.15) is 17.1 Å². The highest BCUT2D eigenvalue weighted by molar-refractivity contribution is 7.43. The Balaban J connectivity index is 0.000000439. The maximum Gasteiger partial charge on any atom is 0.280 e. The second kappa shape index (κ2) is 21.4. The van der Waals surface area contributed by atoms with Crippen LogP contribution in [0.1, 0.15) is 64.2 Å². The number of hydrogen-bond acceptors (Lipinski definition) is 11. The second-order valence-electron chi connectivity index (χ2n) is 14.0. The maximum atomic E-state index is 12.6. The van der Waals surface area contributed by atoms with Crippen LogP contribution in [0.3, 0.4) is 0 Å². The second-order valence-corrected chi connectivity index (χ2v) is 15.2. The highest BCUT2D eigenvalue weighted by Gasteiger charge is 2.39. The summed E-state index contributed by atoms with van der Waals surface area (Å²) >= 11 is 0. The van der Waals surface area contributed by atoms with Gasteiger partial charge in [-0.1, -0.05) is 54.6 Å². The van der Waals surface area contributed by atoms with Crippen LogP contribution in [0.4, 0.5) is 5.95 Å². The van der Waals surface area contributed by atoms with E-state index in [1.54, 1.807) is 31.8 Å². The minimum Gasteiger partial charge on any atom is -0.497 e. The molecule has 57 heavy (non-hydrogen) atoms. The van der Waals surface area contributed by atoms with Crippen molar-refractivity contribution in [1.29, 1.82) is 5.26 Å². The third kappa shape index (κ3) is 11.7. The van der Waals surface area contributed by atoms with Crippen LogP contribution in [0.15, 0.2) is 95.0 Å². The van der Waals surface area contributed by atoms with Gasteiger partial charge < -0.3 is 33.1 Å². The Morgan fingerprint density at radius 2 is 1.49 bits per heavy atom. The molecule has 2 atom stereocenters. The van der Waals surface area contributed by atoms with E-state index in [9.17, 15) is 9.69 Å². The molecule has 2 heterocycles. The Morgan fingerprint density at radius 1 is 0.930 bits per heavy atom. The molecule has 0 saturated carbocycles. The number of aryl methyl sites for hydroxylation is 1. The summed E-state index contributed by atoms with van der Waals surface area (Å²) in [6.45, 7) is 10.9. The zero-order valence-corrected chi connectivity index (χ0v) is 35.2. The first-order valence-corrected chi connectivity index (χ1v) is 20.0. The van der Waals surface area contributed by atoms with Crippen LogP contribution >= 0.6 is 8.53 Å². The molecule has 0 fully saturated rings. The first-order chi connectivity index (χ1) is 27.3. The van der Waals surface area contributed by atoms with Crippen LogP contribution in [0.5, 0.6) is 11.5 Å². The topological polar surface area (TPSA) is 163 Å². The Labute approximate surface area is 336 Å². The number of aromatic nitrogens is 4. The van der Waals surface area contributed by atoms with Crippen molar-refractivity contribution in [2.75, 3.05) is 34.9 Å². The standard InChI is InChI=1S/C33H36N6O4.C9H19N2O2P/c1-23(19-20-39-22-34-29-30(39)36-32(37-31(29)40)35-21-38(2)3)43-33(24-9-7-6-8-10-24,25-11-15-27(41-4)16-12-25)26-13-17-28(42-5)18-14-26;1-8(2)11(9(3)4)14(12)13-7-5-6-10/h6-18,21-23H,19-20H2,1-5H3,(H,36,37,40);8-9,12H,5,7H2,1-4H3/b35-21+;/t23-;/m1./s1. The molecular weight excluding hydrogens is 743 g/mol. The SMILES string of the molecule is CC(C)N(C(C)C)P(O)OCCC#N.COc1ccc(C(O[C@H](C)CCn2cnc3c(=O)[nH]c(/N=C/N(C)C)nc32)(c2ccccc2)c2ccc(OC)cc2)cc1. The molecule has 5 aromatic rings. The van der Waals surface area contributed by atoms with Crippen molar-refractivity contribution in [3.8, 4) is 17.6 Å². The first-order valence-electron chi connectivity index (χ1n) is 18.8. The van der Waals surface area contributed by atoms with E-state index in [0.717, 1.165) is 28.2 Å². The van der Waals surface area contributed by atoms with Gasteiger partial charge in [0.25, 0.3) is 14.1 Å². The lowest BCUT2D eigenvalue weighted by molar-refractivity contribution is -0.0433. The number of hydrogen-bond donors (Lipinski definition) is 2. The van der Waals surface area contributed by atoms with Crippen molar-refractivity contribution in [2.24, 2.45) is 4.99 Å². The third-order valence-electron chi connectivity index (χ3n) is 8.88. The van der Waals surface area contributed by atoms with E-state index in [0.29, 0.717) is 31.6 Å². The molecule has 0 aliphatic carbocycles. The number of rotatable bonds is 18. The zero-order valence-electron chi connectivity index (χ0n) is 34.3. The van der Waals surface area contributed by atoms with Crippen molar-refractivity contribution in [3.05, 3.63) is 112 Å². The predicted molar refractivity (Wildman–Crippen MR) is 225 cm³/mol. The van der Waals surface area contributed by atoms with E-state index in [-0.39, 0.29) is 35.2 Å². The summed E-state index contributed by atoms with van der Waals surface area (Å²) in [4.78, 5) is 39.9. The first kappa shape index (κ1) is 44.6. The summed E-state index contributed by atoms with van der Waals surface area (Å²) in [6.07, 6.45) is 3.94. The Hall–Kier alpha value is -5.16. The fourth-order valence-corrected chi connectivity index (χ4v) is 7.46. The quantitative estimate of drug-likeness (QED) is 0.0299. The number of nitriles is 1. The third-order valence-corrected chi connectivity index (χ3v) is 10.6. The molecule has 0 radical (unpaired) electrons. The number of imidazole rings is 1. The largest absolute Gasteiger partial charge is 0.497 e. The highest BCUT2D eigenvalue weighted by Crippen LogP contribution is 2.43. The van der Waals surface area contributed by atoms with E-state index in [4.69, 9.17) is 24.0 Å². The van der Waals surface area contributed by atoms with Crippen LogP contribution in [-0.4, -0.2) is 93.4 Å². The Kier molecular flexibility index (Phi) is 16.7. The van der Waals surface area contributed by atoms with Crippen LogP contribution in [0.25, 0.3) is 11.2 Å². The summed E-state index contributed by atoms with van der Waals surface area (Å²) in [5, 5.41) is 8.32. The highest BCUT2D eigenvalue weighted by atomic mass is 31.2. The average Bonchev–Trinajstić information content (AvgIpc) is 3.62. The van der Waals surface area contributed by atoms with E-state index in [1.807, 2.05) is 124 Å². The fraction of sp³-hybridized carbons (Fsp3) is 0.405. The van der Waals surface area contributed by atoms with Gasteiger partial charge in [0.15, 0.2) is 11.2 Å². The van der Waals surface area contributed by atoms with Crippen LogP contribution in [0.2, 0.25) is 0 Å². The molecule has 304 valence electrons. The molecule has 0 aliphatic rings. The van der Waals surface area contributed by atoms with Crippen molar-refractivity contribution in [1.82, 2.24) is 29.1 Å². The predicted octanol–water partition coefficient (Wildman–Crippen LogP) is 7.40. The van der Waals surface area contributed by atoms with E-state index in [1.165, 1.54) is 0 Å². The lowest BCUT2D eigenvalue weighted by Crippen LogP contribution is -2.36. The van der Waals surface area contributed by atoms with Gasteiger partial charge >= 0.3 is 0 Å². The number of aliphatic imine (C=N–C) groups is 1. The van der Waals surface area contributed by atoms with Crippen LogP contribution in [-0.2, 0) is 21.4 Å². The summed E-state index contributed by atoms with van der Waals surface area (Å²) in [7, 11) is 5.45. The molecule has 0 aliphatic heterocycles. The smallest absolute Gasteiger partial charge is 0.280 e. The number of fused-ring (bicyclic) bond motifs is 1. The molecule has 0 spiro atoms. The monoisotopic (exact) mass is 798 g/mol. The number of ether oxygens (including phenoxy) is 3. The van der Waals surface area contributed by atoms with Crippen LogP contribution < -0.4 is 15.0 Å². The average molecular weight is 799 g/mol. The summed E-state index contributed by atoms with van der Waals surface area (Å²) in [5.74, 6) is 1.74. The van der Waals surface area contributed by atoms with Gasteiger partial charge in [0.2, 0.25) is 5.95 Å². The molecule has 0 amide bonds. The van der Waals surface area contributed by atoms with Gasteiger partial charge in [0, 0.05) is 32.7 Å². The zero-order chi connectivity index (χ0) is 41.5. The Bertz CT molecular complexity index is 2040. The maximum absolute atomic E-state index is 12.6. The van der Waals surface area contributed by atoms with Crippen molar-refractivity contribution < 1.29 is 23.6 Å². The van der Waals surface area contributed by atoms with E-state index in [2.05, 4.69) is 39.0 Å². The molecule has 3 aromatic carbocycles. The minimum absolute atomic E-state index is 0.222. The van der Waals surface area contributed by atoms with E-state index < -0.39 is 14.1 Å². The van der Waals surface area contributed by atoms with Crippen molar-refractivity contribution in [3.63, 3.8) is 0 Å². The number of methoxy groups -OCH3 is 2. The number of nitrogens with one attached hydrogen (secondary N) is 1. The molecule has 2 N–H and O–H groups in total. The van der Waals surface area contributed by atoms with Crippen molar-refractivity contribution >= 4 is 32.0 Å². The molecule has 14 nitrogen and oxygen atoms in total. The van der Waals surface area contributed by atoms with Gasteiger partial charge in [0.05, 0.1) is 52.1 Å². The lowest BCUT2D eigenvalue weighted by atomic mass is 9.79. The number of H-pyrrole nitrogens is 1. The van der Waals surface area contributed by atoms with Crippen molar-refractivity contribution in [2.45, 2.75) is 77.8 Å². The molecular formula is C42H55N8O6P. The summed E-state index contributed by atoms with van der Waals surface area (Å²) < 4.78 is 27.0. The van der Waals surface area contributed by atoms with Gasteiger partial charge in [-0.25, -0.2) is 14.6 Å². The van der Waals surface area contributed by atoms with E-state index >= 15 is 0 Å². The summed E-state index contributed by atoms with van der Waals surface area (Å²) in [5.41, 5.74) is 2.39. The number of benzene rings is 3. The molecule has 15 heteroatoms. The van der Waals surface area contributed by atoms with Gasteiger partial charge in [-0.05, 0) is 82.0 Å². The molecule has 0 saturated heterocycles. The lowest BCUT2D eigenvalue weighted by Gasteiger charge is -2.38. The fourth-order valence-electron chi connectivity index (χ4n) is 6.28. The van der Waals surface area contributed by atoms with Gasteiger partial charge in [-0.15, -0.1) is 0 Å². The number of aromatic amines is 1. The molecule has 1 unspecified atom stereocenters. The molecule has 0 bridgehead atoms. The van der Waals surface area contributed by atoms with Crippen LogP contribution in [0, 0.1) is 11.3 Å². The molecule has 2 aromatic heterocycles. The Morgan fingerprint density at radius 3 is 2.00 bits per heavy atom. The molecule has 5 rings (SSSR count). The number of nitrogens with zero attached hydrogens (tertiary/aromatic N) is 7. The normalized spacial score (nSPS) is 12.8.